The van der Waals surface area contributed by atoms with Gasteiger partial charge in [-0.15, -0.1) is 0 Å². The summed E-state index contributed by atoms with van der Waals surface area (Å²) in [7, 11) is 0. The third-order valence-corrected chi connectivity index (χ3v) is 6.11. The Morgan fingerprint density at radius 2 is 1.59 bits per heavy atom. The van der Waals surface area contributed by atoms with Crippen molar-refractivity contribution in [2.24, 2.45) is 0 Å². The Labute approximate surface area is 192 Å². The lowest BCUT2D eigenvalue weighted by Gasteiger charge is -2.31. The van der Waals surface area contributed by atoms with E-state index in [1.165, 1.54) is 6.07 Å². The summed E-state index contributed by atoms with van der Waals surface area (Å²) in [6.07, 6.45) is 3.85. The molecule has 0 aliphatic heterocycles. The van der Waals surface area contributed by atoms with Gasteiger partial charge in [-0.2, -0.15) is 5.26 Å². The second kappa shape index (κ2) is 9.25. The van der Waals surface area contributed by atoms with E-state index in [0.29, 0.717) is 21.8 Å². The molecule has 1 fully saturated rings. The first-order chi connectivity index (χ1) is 15.5. The molecule has 0 spiro atoms. The van der Waals surface area contributed by atoms with Crippen LogP contribution in [0.3, 0.4) is 0 Å². The van der Waals surface area contributed by atoms with E-state index in [-0.39, 0.29) is 17.4 Å². The van der Waals surface area contributed by atoms with Gasteiger partial charge in [0.15, 0.2) is 0 Å². The van der Waals surface area contributed by atoms with Crippen LogP contribution in [0.5, 0.6) is 0 Å². The number of nitriles is 1. The van der Waals surface area contributed by atoms with E-state index in [4.69, 9.17) is 11.6 Å². The minimum absolute atomic E-state index is 0.216. The van der Waals surface area contributed by atoms with Gasteiger partial charge >= 0.3 is 0 Å². The maximum absolute atomic E-state index is 13.1. The smallest absolute Gasteiger partial charge is 0.255 e. The Hall–Kier alpha value is -3.62. The van der Waals surface area contributed by atoms with Crippen LogP contribution in [0.15, 0.2) is 72.8 Å². The number of amides is 2. The Bertz CT molecular complexity index is 1200. The summed E-state index contributed by atoms with van der Waals surface area (Å²) in [5.41, 5.74) is 2.02. The van der Waals surface area contributed by atoms with Crippen molar-refractivity contribution in [2.75, 3.05) is 5.32 Å². The van der Waals surface area contributed by atoms with Crippen LogP contribution in [0.1, 0.15) is 57.5 Å². The van der Waals surface area contributed by atoms with Crippen molar-refractivity contribution in [3.05, 3.63) is 100 Å². The molecule has 0 aromatic heterocycles. The molecule has 6 heteroatoms. The molecule has 160 valence electrons. The van der Waals surface area contributed by atoms with Crippen molar-refractivity contribution >= 4 is 29.1 Å². The predicted molar refractivity (Wildman–Crippen MR) is 125 cm³/mol. The van der Waals surface area contributed by atoms with Gasteiger partial charge in [0.05, 0.1) is 16.8 Å². The van der Waals surface area contributed by atoms with Crippen molar-refractivity contribution in [2.45, 2.75) is 31.2 Å². The molecule has 0 unspecified atom stereocenters. The van der Waals surface area contributed by atoms with Gasteiger partial charge in [-0.1, -0.05) is 60.8 Å². The number of hydrogen-bond acceptors (Lipinski definition) is 3. The van der Waals surface area contributed by atoms with E-state index >= 15 is 0 Å². The lowest BCUT2D eigenvalue weighted by Crippen LogP contribution is -2.43. The predicted octanol–water partition coefficient (Wildman–Crippen LogP) is 5.66. The van der Waals surface area contributed by atoms with Crippen LogP contribution in [-0.4, -0.2) is 11.8 Å². The summed E-state index contributed by atoms with van der Waals surface area (Å²) < 4.78 is 0. The average Bonchev–Trinajstić information content (AvgIpc) is 3.29. The van der Waals surface area contributed by atoms with Gasteiger partial charge < -0.3 is 10.6 Å². The standard InChI is InChI=1S/C26H22ClN3O2/c27-22-10-6-7-18(16-22)24(31)29-23-12-11-19(15-20(23)17-28)25(32)30-26(13-4-5-14-26)21-8-2-1-3-9-21/h1-3,6-12,15-16H,4-5,13-14H2,(H,29,31)(H,30,32). The van der Waals surface area contributed by atoms with Crippen molar-refractivity contribution in [3.8, 4) is 6.07 Å². The molecule has 5 nitrogen and oxygen atoms in total. The van der Waals surface area contributed by atoms with Crippen molar-refractivity contribution < 1.29 is 9.59 Å². The summed E-state index contributed by atoms with van der Waals surface area (Å²) in [6.45, 7) is 0. The van der Waals surface area contributed by atoms with Gasteiger partial charge in [-0.05, 0) is 54.8 Å². The molecule has 0 saturated heterocycles. The number of halogens is 1. The van der Waals surface area contributed by atoms with Crippen LogP contribution in [0.2, 0.25) is 5.02 Å². The van der Waals surface area contributed by atoms with Crippen LogP contribution in [0.4, 0.5) is 5.69 Å². The molecule has 32 heavy (non-hydrogen) atoms. The Morgan fingerprint density at radius 1 is 0.875 bits per heavy atom. The third-order valence-electron chi connectivity index (χ3n) is 5.87. The second-order valence-electron chi connectivity index (χ2n) is 7.95. The van der Waals surface area contributed by atoms with Crippen LogP contribution in [-0.2, 0) is 5.54 Å². The fourth-order valence-electron chi connectivity index (χ4n) is 4.22. The van der Waals surface area contributed by atoms with E-state index < -0.39 is 5.54 Å². The summed E-state index contributed by atoms with van der Waals surface area (Å²) in [4.78, 5) is 25.6. The monoisotopic (exact) mass is 443 g/mol. The summed E-state index contributed by atoms with van der Waals surface area (Å²) >= 11 is 5.95. The molecular formula is C26H22ClN3O2. The fourth-order valence-corrected chi connectivity index (χ4v) is 4.41. The quantitative estimate of drug-likeness (QED) is 0.533. The molecule has 3 aromatic rings. The molecule has 1 aliphatic carbocycles. The molecule has 1 aliphatic rings. The molecule has 2 N–H and O–H groups in total. The second-order valence-corrected chi connectivity index (χ2v) is 8.38. The van der Waals surface area contributed by atoms with Crippen LogP contribution >= 0.6 is 11.6 Å². The highest BCUT2D eigenvalue weighted by atomic mass is 35.5. The number of anilines is 1. The van der Waals surface area contributed by atoms with Gasteiger partial charge in [-0.3, -0.25) is 9.59 Å². The fraction of sp³-hybridized carbons (Fsp3) is 0.192. The van der Waals surface area contributed by atoms with Gasteiger partial charge in [0.2, 0.25) is 0 Å². The molecule has 3 aromatic carbocycles. The van der Waals surface area contributed by atoms with Crippen LogP contribution < -0.4 is 10.6 Å². The first-order valence-electron chi connectivity index (χ1n) is 10.5. The Balaban J connectivity index is 1.55. The minimum Gasteiger partial charge on any atom is -0.343 e. The Kier molecular flexibility index (Phi) is 6.25. The zero-order chi connectivity index (χ0) is 22.6. The first kappa shape index (κ1) is 21.6. The summed E-state index contributed by atoms with van der Waals surface area (Å²) in [5.74, 6) is -0.616. The number of hydrogen-bond donors (Lipinski definition) is 2. The number of rotatable bonds is 5. The molecule has 0 heterocycles. The number of nitrogens with zero attached hydrogens (tertiary/aromatic N) is 1. The lowest BCUT2D eigenvalue weighted by atomic mass is 9.87. The van der Waals surface area contributed by atoms with Gasteiger partial charge in [0, 0.05) is 16.1 Å². The van der Waals surface area contributed by atoms with Crippen LogP contribution in [0, 0.1) is 11.3 Å². The summed E-state index contributed by atoms with van der Waals surface area (Å²) in [6, 6.07) is 23.3. The number of nitrogens with one attached hydrogen (secondary N) is 2. The molecule has 0 radical (unpaired) electrons. The molecule has 4 rings (SSSR count). The average molecular weight is 444 g/mol. The van der Waals surface area contributed by atoms with Gasteiger partial charge in [-0.25, -0.2) is 0 Å². The normalized spacial score (nSPS) is 14.4. The highest BCUT2D eigenvalue weighted by molar-refractivity contribution is 6.31. The van der Waals surface area contributed by atoms with E-state index in [2.05, 4.69) is 16.7 Å². The number of benzene rings is 3. The minimum atomic E-state index is -0.398. The number of carbonyl (C=O) groups is 2. The molecular weight excluding hydrogens is 422 g/mol. The zero-order valence-corrected chi connectivity index (χ0v) is 18.2. The summed E-state index contributed by atoms with van der Waals surface area (Å²) in [5, 5.41) is 16.0. The lowest BCUT2D eigenvalue weighted by molar-refractivity contribution is 0.0897. The largest absolute Gasteiger partial charge is 0.343 e. The molecule has 1 saturated carbocycles. The topological polar surface area (TPSA) is 82.0 Å². The molecule has 0 bridgehead atoms. The van der Waals surface area contributed by atoms with E-state index in [1.807, 2.05) is 30.3 Å². The van der Waals surface area contributed by atoms with Gasteiger partial charge in [0.25, 0.3) is 11.8 Å². The van der Waals surface area contributed by atoms with Crippen LogP contribution in [0.25, 0.3) is 0 Å². The Morgan fingerprint density at radius 3 is 2.28 bits per heavy atom. The van der Waals surface area contributed by atoms with E-state index in [1.54, 1.807) is 36.4 Å². The van der Waals surface area contributed by atoms with Crippen molar-refractivity contribution in [1.82, 2.24) is 5.32 Å². The van der Waals surface area contributed by atoms with E-state index in [9.17, 15) is 14.9 Å². The van der Waals surface area contributed by atoms with Gasteiger partial charge in [0.1, 0.15) is 6.07 Å². The SMILES string of the molecule is N#Cc1cc(C(=O)NC2(c3ccccc3)CCCC2)ccc1NC(=O)c1cccc(Cl)c1. The maximum Gasteiger partial charge on any atom is 0.255 e. The van der Waals surface area contributed by atoms with Crippen molar-refractivity contribution in [1.29, 1.82) is 5.26 Å². The van der Waals surface area contributed by atoms with E-state index in [0.717, 1.165) is 31.2 Å². The first-order valence-corrected chi connectivity index (χ1v) is 10.9. The highest BCUT2D eigenvalue weighted by Crippen LogP contribution is 2.39. The van der Waals surface area contributed by atoms with Crippen molar-refractivity contribution in [3.63, 3.8) is 0 Å². The zero-order valence-electron chi connectivity index (χ0n) is 17.4. The number of carbonyl (C=O) groups excluding carboxylic acids is 2. The maximum atomic E-state index is 13.1. The third kappa shape index (κ3) is 4.51. The molecule has 0 atom stereocenters. The molecule has 2 amide bonds. The highest BCUT2D eigenvalue weighted by Gasteiger charge is 2.37.